The first-order valence-corrected chi connectivity index (χ1v) is 20.4. The maximum absolute atomic E-state index is 5.71. The molecule has 29 heavy (non-hydrogen) atoms. The Bertz CT molecular complexity index is 709. The van der Waals surface area contributed by atoms with Crippen LogP contribution in [-0.2, 0) is 13.3 Å². The number of nitrogens with zero attached hydrogens (tertiary/aromatic N) is 1. The van der Waals surface area contributed by atoms with Crippen molar-refractivity contribution in [2.75, 3.05) is 21.3 Å². The largest absolute Gasteiger partial charge is 0.503 e. The second-order valence-corrected chi connectivity index (χ2v) is 22.0. The van der Waals surface area contributed by atoms with Crippen LogP contribution in [0.1, 0.15) is 25.7 Å². The highest BCUT2D eigenvalue weighted by Gasteiger charge is 2.48. The van der Waals surface area contributed by atoms with Gasteiger partial charge in [0.25, 0.3) is 0 Å². The van der Waals surface area contributed by atoms with Gasteiger partial charge in [-0.1, -0.05) is 29.3 Å². The Labute approximate surface area is 204 Å². The lowest BCUT2D eigenvalue weighted by Gasteiger charge is -2.37. The molecule has 1 saturated carbocycles. The van der Waals surface area contributed by atoms with E-state index in [2.05, 4.69) is 23.2 Å². The normalized spacial score (nSPS) is 20.4. The summed E-state index contributed by atoms with van der Waals surface area (Å²) in [6.45, 7) is 0. The molecule has 2 atom stereocenters. The Balaban J connectivity index is 1.30. The number of benzene rings is 1. The van der Waals surface area contributed by atoms with E-state index in [0.29, 0.717) is 10.8 Å². The lowest BCUT2D eigenvalue weighted by atomic mass is 9.99. The average molecular weight is 562 g/mol. The number of rotatable bonds is 12. The SMILES string of the molecule is CO[Si](OC)(OC)C1CCCC(SSSSSSSc2nc3ccccc3s2)C1. The zero-order chi connectivity index (χ0) is 20.5. The molecule has 0 spiro atoms. The Hall–Kier alpha value is 1.66. The standard InChI is InChI=1S/C16H23NO3S8Si/c1-18-29(19-2,20-3)13-8-6-7-12(11-13)22-24-26-28-27-25-23-16-17-14-9-4-5-10-15(14)21-16/h4-5,9-10,12-13H,6-8,11H2,1-3H3. The molecule has 4 nitrogen and oxygen atoms in total. The van der Waals surface area contributed by atoms with Crippen LogP contribution in [0.2, 0.25) is 5.54 Å². The van der Waals surface area contributed by atoms with Crippen LogP contribution in [0.25, 0.3) is 10.2 Å². The van der Waals surface area contributed by atoms with Crippen molar-refractivity contribution >= 4 is 101 Å². The predicted octanol–water partition coefficient (Wildman–Crippen LogP) is 8.47. The van der Waals surface area contributed by atoms with Gasteiger partial charge in [-0.3, -0.25) is 0 Å². The number of para-hydroxylation sites is 1. The van der Waals surface area contributed by atoms with Gasteiger partial charge in [0.15, 0.2) is 4.34 Å². The Kier molecular flexibility index (Phi) is 11.7. The van der Waals surface area contributed by atoms with Crippen LogP contribution in [-0.4, -0.2) is 40.4 Å². The molecule has 0 saturated heterocycles. The topological polar surface area (TPSA) is 40.6 Å². The molecule has 1 heterocycles. The number of fused-ring (bicyclic) bond motifs is 1. The van der Waals surface area contributed by atoms with Crippen LogP contribution in [0.3, 0.4) is 0 Å². The summed E-state index contributed by atoms with van der Waals surface area (Å²) in [4.78, 5) is 4.65. The second-order valence-electron chi connectivity index (χ2n) is 6.17. The van der Waals surface area contributed by atoms with Gasteiger partial charge in [-0.15, -0.1) is 11.3 Å². The number of thiazole rings is 1. The van der Waals surface area contributed by atoms with E-state index < -0.39 is 8.80 Å². The maximum Gasteiger partial charge on any atom is 0.503 e. The van der Waals surface area contributed by atoms with Gasteiger partial charge >= 0.3 is 8.80 Å². The first-order valence-electron chi connectivity index (χ1n) is 8.88. The number of hydrogen-bond acceptors (Lipinski definition) is 12. The summed E-state index contributed by atoms with van der Waals surface area (Å²) in [7, 11) is 15.5. The lowest BCUT2D eigenvalue weighted by Crippen LogP contribution is -2.49. The van der Waals surface area contributed by atoms with Crippen molar-refractivity contribution in [1.29, 1.82) is 0 Å². The smallest absolute Gasteiger partial charge is 0.377 e. The van der Waals surface area contributed by atoms with Crippen molar-refractivity contribution in [2.24, 2.45) is 0 Å². The molecule has 1 aromatic heterocycles. The Morgan fingerprint density at radius 1 is 0.966 bits per heavy atom. The quantitative estimate of drug-likeness (QED) is 0.142. The fourth-order valence-corrected chi connectivity index (χ4v) is 22.5. The van der Waals surface area contributed by atoms with E-state index in [1.165, 1.54) is 17.5 Å². The first-order chi connectivity index (χ1) is 14.2. The van der Waals surface area contributed by atoms with Gasteiger partial charge in [-0.25, -0.2) is 4.98 Å². The molecule has 13 heteroatoms. The minimum absolute atomic E-state index is 0.405. The molecule has 1 aromatic carbocycles. The summed E-state index contributed by atoms with van der Waals surface area (Å²) < 4.78 is 19.5. The maximum atomic E-state index is 5.71. The molecule has 0 N–H and O–H groups in total. The fourth-order valence-electron chi connectivity index (χ4n) is 3.34. The number of aromatic nitrogens is 1. The Morgan fingerprint density at radius 2 is 1.69 bits per heavy atom. The third-order valence-electron chi connectivity index (χ3n) is 4.65. The van der Waals surface area contributed by atoms with E-state index >= 15 is 0 Å². The molecular formula is C16H23NO3S8Si. The van der Waals surface area contributed by atoms with Crippen LogP contribution in [0.15, 0.2) is 28.6 Å². The van der Waals surface area contributed by atoms with Crippen LogP contribution in [0.4, 0.5) is 0 Å². The van der Waals surface area contributed by atoms with Gasteiger partial charge in [0.1, 0.15) is 0 Å². The summed E-state index contributed by atoms with van der Waals surface area (Å²) in [6.07, 6.45) is 4.73. The minimum Gasteiger partial charge on any atom is -0.377 e. The van der Waals surface area contributed by atoms with Crippen molar-refractivity contribution in [3.8, 4) is 0 Å². The average Bonchev–Trinajstić information content (AvgIpc) is 3.18. The monoisotopic (exact) mass is 561 g/mol. The van der Waals surface area contributed by atoms with Gasteiger partial charge in [0.05, 0.1) is 10.2 Å². The summed E-state index contributed by atoms with van der Waals surface area (Å²) in [6, 6.07) is 8.30. The van der Waals surface area contributed by atoms with Gasteiger partial charge in [-0.2, -0.15) is 0 Å². The van der Waals surface area contributed by atoms with Gasteiger partial charge in [0.2, 0.25) is 0 Å². The molecule has 1 aliphatic rings. The van der Waals surface area contributed by atoms with Crippen LogP contribution in [0, 0.1) is 0 Å². The van der Waals surface area contributed by atoms with Crippen molar-refractivity contribution < 1.29 is 13.3 Å². The summed E-state index contributed by atoms with van der Waals surface area (Å²) >= 11 is 1.76. The van der Waals surface area contributed by atoms with E-state index in [0.717, 1.165) is 22.7 Å². The third-order valence-corrected chi connectivity index (χ3v) is 22.5. The van der Waals surface area contributed by atoms with Crippen LogP contribution in [0.5, 0.6) is 0 Å². The predicted molar refractivity (Wildman–Crippen MR) is 144 cm³/mol. The molecule has 0 bridgehead atoms. The van der Waals surface area contributed by atoms with Crippen LogP contribution < -0.4 is 0 Å². The summed E-state index contributed by atoms with van der Waals surface area (Å²) in [5, 5.41) is 0.633. The van der Waals surface area contributed by atoms with Gasteiger partial charge in [-0.05, 0) is 91.3 Å². The molecule has 2 aromatic rings. The zero-order valence-electron chi connectivity index (χ0n) is 16.2. The zero-order valence-corrected chi connectivity index (χ0v) is 23.8. The van der Waals surface area contributed by atoms with Crippen molar-refractivity contribution in [1.82, 2.24) is 4.98 Å². The molecule has 0 aliphatic heterocycles. The van der Waals surface area contributed by atoms with E-state index in [4.69, 9.17) is 13.3 Å². The van der Waals surface area contributed by atoms with Crippen molar-refractivity contribution in [3.63, 3.8) is 0 Å². The molecular weight excluding hydrogens is 539 g/mol. The highest BCUT2D eigenvalue weighted by Crippen LogP contribution is 2.58. The second kappa shape index (κ2) is 13.4. The molecule has 1 aliphatic carbocycles. The van der Waals surface area contributed by atoms with Crippen molar-refractivity contribution in [3.05, 3.63) is 24.3 Å². The fraction of sp³-hybridized carbons (Fsp3) is 0.562. The molecule has 0 radical (unpaired) electrons. The summed E-state index contributed by atoms with van der Waals surface area (Å²) in [5.74, 6) is 0. The molecule has 2 unspecified atom stereocenters. The highest BCUT2D eigenvalue weighted by molar-refractivity contribution is 9.46. The lowest BCUT2D eigenvalue weighted by molar-refractivity contribution is 0.105. The first kappa shape index (κ1) is 25.3. The van der Waals surface area contributed by atoms with Crippen molar-refractivity contribution in [2.45, 2.75) is 40.8 Å². The highest BCUT2D eigenvalue weighted by atomic mass is 33.9. The van der Waals surface area contributed by atoms with Gasteiger partial charge in [0, 0.05) is 32.1 Å². The van der Waals surface area contributed by atoms with E-state index in [-0.39, 0.29) is 0 Å². The van der Waals surface area contributed by atoms with E-state index in [9.17, 15) is 0 Å². The van der Waals surface area contributed by atoms with E-state index in [1.54, 1.807) is 63.1 Å². The minimum atomic E-state index is -2.52. The molecule has 3 rings (SSSR count). The van der Waals surface area contributed by atoms with Crippen LogP contribution >= 0.6 is 82.1 Å². The molecule has 1 fully saturated rings. The molecule has 0 amide bonds. The third kappa shape index (κ3) is 7.32. The Morgan fingerprint density at radius 3 is 2.45 bits per heavy atom. The molecule has 162 valence electrons. The van der Waals surface area contributed by atoms with E-state index in [1.807, 2.05) is 46.3 Å². The summed E-state index contributed by atoms with van der Waals surface area (Å²) in [5.41, 5.74) is 1.50. The van der Waals surface area contributed by atoms with Gasteiger partial charge < -0.3 is 13.3 Å². The number of hydrogen-bond donors (Lipinski definition) is 0.